The molecule has 0 heterocycles. The van der Waals surface area contributed by atoms with Crippen LogP contribution in [-0.4, -0.2) is 25.5 Å². The maximum atomic E-state index is 11.1. The third kappa shape index (κ3) is 1.59. The first-order chi connectivity index (χ1) is 5.14. The lowest BCUT2D eigenvalue weighted by Gasteiger charge is -2.27. The van der Waals surface area contributed by atoms with Gasteiger partial charge in [0.05, 0.1) is 0 Å². The Bertz CT molecular complexity index is 283. The Kier molecular flexibility index (Phi) is 2.87. The van der Waals surface area contributed by atoms with Gasteiger partial charge < -0.3 is 11.5 Å². The molecule has 0 aromatic rings. The lowest BCUT2D eigenvalue weighted by Crippen LogP contribution is -2.61. The van der Waals surface area contributed by atoms with Crippen LogP contribution in [0.2, 0.25) is 0 Å². The third-order valence-corrected chi connectivity index (χ3v) is 3.76. The topological polar surface area (TPSA) is 103 Å². The van der Waals surface area contributed by atoms with Gasteiger partial charge in [0.25, 0.3) is 5.91 Å². The van der Waals surface area contributed by atoms with E-state index in [4.69, 9.17) is 11.5 Å². The SMILES string of the molecule is CC(C)[C@@](N)(C(N)=O)S(C)(=O)=O. The molecule has 0 aromatic heterocycles. The fourth-order valence-electron chi connectivity index (χ4n) is 0.895. The van der Waals surface area contributed by atoms with Gasteiger partial charge in [-0.2, -0.15) is 0 Å². The van der Waals surface area contributed by atoms with Crippen molar-refractivity contribution in [3.05, 3.63) is 0 Å². The molecule has 1 atom stereocenters. The van der Waals surface area contributed by atoms with E-state index in [0.29, 0.717) is 0 Å². The van der Waals surface area contributed by atoms with Crippen molar-refractivity contribution < 1.29 is 13.2 Å². The highest BCUT2D eigenvalue weighted by molar-refractivity contribution is 7.92. The van der Waals surface area contributed by atoms with Crippen LogP contribution in [0, 0.1) is 5.92 Å². The van der Waals surface area contributed by atoms with Gasteiger partial charge in [0, 0.05) is 6.26 Å². The van der Waals surface area contributed by atoms with Crippen molar-refractivity contribution in [2.24, 2.45) is 17.4 Å². The molecule has 6 heteroatoms. The summed E-state index contributed by atoms with van der Waals surface area (Å²) in [5.74, 6) is -1.55. The lowest BCUT2D eigenvalue weighted by molar-refractivity contribution is -0.121. The highest BCUT2D eigenvalue weighted by Crippen LogP contribution is 2.19. The van der Waals surface area contributed by atoms with Crippen LogP contribution in [0.3, 0.4) is 0 Å². The molecule has 0 rings (SSSR count). The summed E-state index contributed by atoms with van der Waals surface area (Å²) in [6, 6.07) is 0. The number of nitrogens with two attached hydrogens (primary N) is 2. The zero-order valence-electron chi connectivity index (χ0n) is 7.37. The molecular formula is C6H14N2O3S. The first-order valence-electron chi connectivity index (χ1n) is 3.42. The molecule has 0 aliphatic rings. The van der Waals surface area contributed by atoms with Crippen molar-refractivity contribution in [2.75, 3.05) is 6.26 Å². The Morgan fingerprint density at radius 2 is 1.75 bits per heavy atom. The molecule has 0 aliphatic heterocycles. The quantitative estimate of drug-likeness (QED) is 0.590. The minimum Gasteiger partial charge on any atom is -0.367 e. The zero-order chi connectivity index (χ0) is 10.2. The van der Waals surface area contributed by atoms with Crippen molar-refractivity contribution in [2.45, 2.75) is 18.7 Å². The Hall–Kier alpha value is -0.620. The molecule has 12 heavy (non-hydrogen) atoms. The molecule has 5 nitrogen and oxygen atoms in total. The van der Waals surface area contributed by atoms with Crippen LogP contribution in [0.1, 0.15) is 13.8 Å². The van der Waals surface area contributed by atoms with Gasteiger partial charge in [-0.05, 0) is 5.92 Å². The van der Waals surface area contributed by atoms with Crippen LogP contribution in [0.15, 0.2) is 0 Å². The summed E-state index contributed by atoms with van der Waals surface area (Å²) in [7, 11) is -3.66. The molecule has 0 radical (unpaired) electrons. The van der Waals surface area contributed by atoms with Gasteiger partial charge in [-0.3, -0.25) is 4.79 Å². The smallest absolute Gasteiger partial charge is 0.253 e. The van der Waals surface area contributed by atoms with Crippen molar-refractivity contribution in [3.63, 3.8) is 0 Å². The van der Waals surface area contributed by atoms with Crippen molar-refractivity contribution >= 4 is 15.7 Å². The average molecular weight is 194 g/mol. The monoisotopic (exact) mass is 194 g/mol. The Morgan fingerprint density at radius 1 is 1.42 bits per heavy atom. The van der Waals surface area contributed by atoms with Crippen LogP contribution in [0.4, 0.5) is 0 Å². The van der Waals surface area contributed by atoms with Crippen molar-refractivity contribution in [1.29, 1.82) is 0 Å². The number of rotatable bonds is 3. The van der Waals surface area contributed by atoms with E-state index < -0.39 is 26.5 Å². The second kappa shape index (κ2) is 3.02. The van der Waals surface area contributed by atoms with Crippen molar-refractivity contribution in [1.82, 2.24) is 0 Å². The number of hydrogen-bond donors (Lipinski definition) is 2. The lowest BCUT2D eigenvalue weighted by atomic mass is 10.0. The van der Waals surface area contributed by atoms with Gasteiger partial charge in [-0.25, -0.2) is 8.42 Å². The summed E-state index contributed by atoms with van der Waals surface area (Å²) in [6.45, 7) is 3.07. The number of primary amides is 1. The highest BCUT2D eigenvalue weighted by Gasteiger charge is 2.45. The molecule has 0 spiro atoms. The number of amides is 1. The van der Waals surface area contributed by atoms with Crippen LogP contribution in [0.25, 0.3) is 0 Å². The highest BCUT2D eigenvalue weighted by atomic mass is 32.2. The van der Waals surface area contributed by atoms with E-state index >= 15 is 0 Å². The molecular weight excluding hydrogens is 180 g/mol. The zero-order valence-corrected chi connectivity index (χ0v) is 8.18. The van der Waals surface area contributed by atoms with Crippen LogP contribution in [0.5, 0.6) is 0 Å². The fraction of sp³-hybridized carbons (Fsp3) is 0.833. The number of hydrogen-bond acceptors (Lipinski definition) is 4. The van der Waals surface area contributed by atoms with Crippen molar-refractivity contribution in [3.8, 4) is 0 Å². The molecule has 0 fully saturated rings. The molecule has 1 amide bonds. The minimum absolute atomic E-state index is 0.537. The predicted molar refractivity (Wildman–Crippen MR) is 45.8 cm³/mol. The van der Waals surface area contributed by atoms with E-state index in [9.17, 15) is 13.2 Å². The van der Waals surface area contributed by atoms with Crippen LogP contribution < -0.4 is 11.5 Å². The van der Waals surface area contributed by atoms with E-state index in [1.165, 1.54) is 13.8 Å². The number of carbonyl (C=O) groups is 1. The second-order valence-corrected chi connectivity index (χ2v) is 5.30. The number of carbonyl (C=O) groups excluding carboxylic acids is 1. The maximum absolute atomic E-state index is 11.1. The van der Waals surface area contributed by atoms with Gasteiger partial charge >= 0.3 is 0 Å². The van der Waals surface area contributed by atoms with E-state index in [-0.39, 0.29) is 0 Å². The molecule has 72 valence electrons. The van der Waals surface area contributed by atoms with Crippen LogP contribution in [-0.2, 0) is 14.6 Å². The van der Waals surface area contributed by atoms with Gasteiger partial charge in [0.15, 0.2) is 14.7 Å². The summed E-state index contributed by atoms with van der Waals surface area (Å²) in [4.78, 5) is 8.88. The van der Waals surface area contributed by atoms with Gasteiger partial charge in [0.2, 0.25) is 0 Å². The number of sulfone groups is 1. The molecule has 0 saturated carbocycles. The summed E-state index contributed by atoms with van der Waals surface area (Å²) in [5, 5.41) is 0. The third-order valence-electron chi connectivity index (χ3n) is 1.86. The maximum Gasteiger partial charge on any atom is 0.253 e. The van der Waals surface area contributed by atoms with Crippen LogP contribution >= 0.6 is 0 Å². The van der Waals surface area contributed by atoms with Gasteiger partial charge in [-0.1, -0.05) is 13.8 Å². The summed E-state index contributed by atoms with van der Waals surface area (Å²) < 4.78 is 22.2. The van der Waals surface area contributed by atoms with Gasteiger partial charge in [-0.15, -0.1) is 0 Å². The van der Waals surface area contributed by atoms with E-state index in [2.05, 4.69) is 0 Å². The van der Waals surface area contributed by atoms with E-state index in [0.717, 1.165) is 6.26 Å². The first kappa shape index (κ1) is 11.4. The first-order valence-corrected chi connectivity index (χ1v) is 5.31. The largest absolute Gasteiger partial charge is 0.367 e. The fourth-order valence-corrected chi connectivity index (χ4v) is 2.12. The molecule has 4 N–H and O–H groups in total. The summed E-state index contributed by atoms with van der Waals surface area (Å²) in [5.41, 5.74) is 10.3. The minimum atomic E-state index is -3.66. The standard InChI is InChI=1S/C6H14N2O3S/c1-4(2)6(8,5(7)9)12(3,10)11/h4H,8H2,1-3H3,(H2,7,9)/t6-/m0/s1. The summed E-state index contributed by atoms with van der Waals surface area (Å²) >= 11 is 0. The summed E-state index contributed by atoms with van der Waals surface area (Å²) in [6.07, 6.45) is 0.901. The second-order valence-electron chi connectivity index (χ2n) is 3.08. The Balaban J connectivity index is 5.33. The molecule has 0 unspecified atom stereocenters. The van der Waals surface area contributed by atoms with E-state index in [1.807, 2.05) is 0 Å². The van der Waals surface area contributed by atoms with E-state index in [1.54, 1.807) is 0 Å². The Morgan fingerprint density at radius 3 is 1.75 bits per heavy atom. The van der Waals surface area contributed by atoms with Gasteiger partial charge in [0.1, 0.15) is 0 Å². The molecule has 0 bridgehead atoms. The normalized spacial score (nSPS) is 17.4. The average Bonchev–Trinajstić information content (AvgIpc) is 1.82. The molecule has 0 aromatic carbocycles. The molecule has 0 aliphatic carbocycles. The molecule has 0 saturated heterocycles. The predicted octanol–water partition coefficient (Wildman–Crippen LogP) is -1.17. The Labute approximate surface area is 72.0 Å².